The number of nitrogen functional groups attached to an aromatic ring is 1. The number of aromatic nitrogens is 1. The zero-order chi connectivity index (χ0) is 25.1. The molecule has 1 aromatic carbocycles. The zero-order valence-electron chi connectivity index (χ0n) is 20.7. The van der Waals surface area contributed by atoms with Gasteiger partial charge in [0.1, 0.15) is 5.82 Å². The Morgan fingerprint density at radius 3 is 2.32 bits per heavy atom. The summed E-state index contributed by atoms with van der Waals surface area (Å²) in [5, 5.41) is 0. The zero-order valence-corrected chi connectivity index (χ0v) is 20.7. The van der Waals surface area contributed by atoms with Crippen LogP contribution in [0.2, 0.25) is 0 Å². The number of H-pyrrole nitrogens is 1. The third-order valence-corrected chi connectivity index (χ3v) is 6.29. The molecule has 0 unspecified atom stereocenters. The Morgan fingerprint density at radius 1 is 1.12 bits per heavy atom. The maximum Gasteiger partial charge on any atom is 0.123 e. The molecule has 186 valence electrons. The van der Waals surface area contributed by atoms with Gasteiger partial charge in [0.05, 0.1) is 0 Å². The normalized spacial score (nSPS) is 15.0. The molecule has 1 fully saturated rings. The van der Waals surface area contributed by atoms with Crippen LogP contribution in [0.5, 0.6) is 0 Å². The average Bonchev–Trinajstić information content (AvgIpc) is 3.08. The van der Waals surface area contributed by atoms with Gasteiger partial charge in [0.15, 0.2) is 0 Å². The molecule has 0 radical (unpaired) electrons. The van der Waals surface area contributed by atoms with Crippen LogP contribution in [0.25, 0.3) is 11.6 Å². The molecular weight excluding hydrogens is 427 g/mol. The lowest BCUT2D eigenvalue weighted by Gasteiger charge is -2.34. The average molecular weight is 469 g/mol. The highest BCUT2D eigenvalue weighted by Gasteiger charge is 2.17. The fourth-order valence-electron chi connectivity index (χ4n) is 4.41. The second kappa shape index (κ2) is 13.7. The van der Waals surface area contributed by atoms with Gasteiger partial charge in [-0.1, -0.05) is 19.2 Å². The van der Waals surface area contributed by atoms with Crippen molar-refractivity contribution in [3.63, 3.8) is 0 Å². The van der Waals surface area contributed by atoms with Crippen LogP contribution in [-0.4, -0.2) is 60.6 Å². The first-order chi connectivity index (χ1) is 16.3. The van der Waals surface area contributed by atoms with Gasteiger partial charge in [-0.05, 0) is 80.4 Å². The lowest BCUT2D eigenvalue weighted by molar-refractivity contribution is 0.134. The minimum atomic E-state index is -0.305. The summed E-state index contributed by atoms with van der Waals surface area (Å²) in [6.45, 7) is 18.6. The highest BCUT2D eigenvalue weighted by atomic mass is 19.1. The first-order valence-electron chi connectivity index (χ1n) is 11.9. The molecule has 0 aliphatic carbocycles. The van der Waals surface area contributed by atoms with Gasteiger partial charge in [0.2, 0.25) is 0 Å². The Hall–Kier alpha value is -2.87. The SMILES string of the molecule is C=C/C(=C\c1[nH]c(C)c(CCCN2CCN(CCN)CC2)c1C)c1cc(F)ccc1N.C=CN. The van der Waals surface area contributed by atoms with Crippen molar-refractivity contribution in [1.29, 1.82) is 0 Å². The molecular formula is C27H41FN6. The number of rotatable bonds is 9. The first kappa shape index (κ1) is 27.4. The molecule has 1 aliphatic heterocycles. The van der Waals surface area contributed by atoms with Crippen LogP contribution in [0.15, 0.2) is 43.6 Å². The summed E-state index contributed by atoms with van der Waals surface area (Å²) in [4.78, 5) is 8.49. The third-order valence-electron chi connectivity index (χ3n) is 6.29. The van der Waals surface area contributed by atoms with Crippen molar-refractivity contribution in [2.75, 3.05) is 51.5 Å². The summed E-state index contributed by atoms with van der Waals surface area (Å²) in [6, 6.07) is 4.43. The quantitative estimate of drug-likeness (QED) is 0.332. The third kappa shape index (κ3) is 7.58. The van der Waals surface area contributed by atoms with E-state index in [2.05, 4.69) is 47.5 Å². The van der Waals surface area contributed by atoms with E-state index in [1.807, 2.05) is 6.08 Å². The standard InChI is InChI=1S/C25H36FN5.C2H5N/c1-4-20(23-17-21(26)7-8-24(23)28)16-25-18(2)22(19(3)29-25)6-5-10-30-12-14-31(11-9-27)15-13-30;1-2-3/h4,7-8,16-17,29H,1,5-6,9-15,27-28H2,2-3H3;2H,1,3H2/b20-16+;. The van der Waals surface area contributed by atoms with Gasteiger partial charge in [0, 0.05) is 61.9 Å². The van der Waals surface area contributed by atoms with Crippen molar-refractivity contribution in [2.24, 2.45) is 11.5 Å². The Morgan fingerprint density at radius 2 is 1.74 bits per heavy atom. The van der Waals surface area contributed by atoms with E-state index in [0.29, 0.717) is 11.3 Å². The Labute approximate surface area is 204 Å². The van der Waals surface area contributed by atoms with E-state index in [9.17, 15) is 4.39 Å². The molecule has 7 heteroatoms. The number of aromatic amines is 1. The van der Waals surface area contributed by atoms with Gasteiger partial charge in [-0.15, -0.1) is 0 Å². The van der Waals surface area contributed by atoms with Crippen molar-refractivity contribution in [3.05, 3.63) is 77.5 Å². The maximum absolute atomic E-state index is 13.7. The molecule has 1 saturated heterocycles. The van der Waals surface area contributed by atoms with Crippen LogP contribution in [0, 0.1) is 19.7 Å². The van der Waals surface area contributed by atoms with E-state index in [1.165, 1.54) is 35.2 Å². The number of allylic oxidation sites excluding steroid dienone is 2. The smallest absolute Gasteiger partial charge is 0.123 e. The Kier molecular flexibility index (Phi) is 11.1. The predicted molar refractivity (Wildman–Crippen MR) is 144 cm³/mol. The summed E-state index contributed by atoms with van der Waals surface area (Å²) in [5.74, 6) is -0.305. The number of hydrogen-bond donors (Lipinski definition) is 4. The van der Waals surface area contributed by atoms with Crippen LogP contribution < -0.4 is 17.2 Å². The number of nitrogens with two attached hydrogens (primary N) is 3. The van der Waals surface area contributed by atoms with Gasteiger partial charge in [-0.25, -0.2) is 4.39 Å². The molecule has 34 heavy (non-hydrogen) atoms. The monoisotopic (exact) mass is 468 g/mol. The number of aryl methyl sites for hydroxylation is 1. The minimum absolute atomic E-state index is 0.305. The molecule has 0 saturated carbocycles. The van der Waals surface area contributed by atoms with Gasteiger partial charge in [-0.2, -0.15) is 0 Å². The number of halogens is 1. The van der Waals surface area contributed by atoms with Crippen molar-refractivity contribution >= 4 is 17.3 Å². The van der Waals surface area contributed by atoms with Crippen LogP contribution in [0.3, 0.4) is 0 Å². The van der Waals surface area contributed by atoms with E-state index in [4.69, 9.17) is 11.5 Å². The molecule has 7 N–H and O–H groups in total. The first-order valence-corrected chi connectivity index (χ1v) is 11.9. The number of nitrogens with one attached hydrogen (secondary N) is 1. The molecule has 0 amide bonds. The van der Waals surface area contributed by atoms with Crippen LogP contribution in [-0.2, 0) is 6.42 Å². The van der Waals surface area contributed by atoms with Gasteiger partial charge < -0.3 is 27.1 Å². The van der Waals surface area contributed by atoms with Crippen molar-refractivity contribution < 1.29 is 4.39 Å². The van der Waals surface area contributed by atoms with Crippen LogP contribution >= 0.6 is 0 Å². The van der Waals surface area contributed by atoms with Crippen molar-refractivity contribution in [2.45, 2.75) is 26.7 Å². The van der Waals surface area contributed by atoms with Crippen LogP contribution in [0.4, 0.5) is 10.1 Å². The molecule has 0 spiro atoms. The Bertz CT molecular complexity index is 970. The second-order valence-corrected chi connectivity index (χ2v) is 8.61. The number of nitrogens with zero attached hydrogens (tertiary/aromatic N) is 2. The molecule has 0 atom stereocenters. The highest BCUT2D eigenvalue weighted by molar-refractivity contribution is 5.91. The number of hydrogen-bond acceptors (Lipinski definition) is 5. The van der Waals surface area contributed by atoms with Crippen molar-refractivity contribution in [1.82, 2.24) is 14.8 Å². The summed E-state index contributed by atoms with van der Waals surface area (Å²) in [6.07, 6.45) is 7.16. The molecule has 2 aromatic rings. The summed E-state index contributed by atoms with van der Waals surface area (Å²) in [7, 11) is 0. The predicted octanol–water partition coefficient (Wildman–Crippen LogP) is 3.68. The summed E-state index contributed by atoms with van der Waals surface area (Å²) < 4.78 is 13.7. The highest BCUT2D eigenvalue weighted by Crippen LogP contribution is 2.28. The minimum Gasteiger partial charge on any atom is -0.405 e. The van der Waals surface area contributed by atoms with E-state index < -0.39 is 0 Å². The van der Waals surface area contributed by atoms with E-state index in [-0.39, 0.29) is 5.82 Å². The summed E-state index contributed by atoms with van der Waals surface area (Å²) >= 11 is 0. The maximum atomic E-state index is 13.7. The van der Waals surface area contributed by atoms with Gasteiger partial charge in [0.25, 0.3) is 0 Å². The van der Waals surface area contributed by atoms with E-state index >= 15 is 0 Å². The summed E-state index contributed by atoms with van der Waals surface area (Å²) in [5.41, 5.74) is 23.2. The van der Waals surface area contributed by atoms with Gasteiger partial charge in [-0.3, -0.25) is 4.90 Å². The van der Waals surface area contributed by atoms with Crippen LogP contribution in [0.1, 0.15) is 34.5 Å². The van der Waals surface area contributed by atoms with E-state index in [0.717, 1.165) is 69.9 Å². The molecule has 2 heterocycles. The van der Waals surface area contributed by atoms with Crippen molar-refractivity contribution in [3.8, 4) is 0 Å². The molecule has 1 aromatic heterocycles. The largest absolute Gasteiger partial charge is 0.405 e. The number of piperazine rings is 1. The van der Waals surface area contributed by atoms with Gasteiger partial charge >= 0.3 is 0 Å². The molecule has 1 aliphatic rings. The lowest BCUT2D eigenvalue weighted by atomic mass is 10.00. The van der Waals surface area contributed by atoms with E-state index in [1.54, 1.807) is 12.1 Å². The molecule has 0 bridgehead atoms. The second-order valence-electron chi connectivity index (χ2n) is 8.61. The fourth-order valence-corrected chi connectivity index (χ4v) is 4.41. The Balaban J connectivity index is 0.00000129. The number of anilines is 1. The molecule has 3 rings (SSSR count). The molecule has 6 nitrogen and oxygen atoms in total. The number of benzene rings is 1. The lowest BCUT2D eigenvalue weighted by Crippen LogP contribution is -2.47. The topological polar surface area (TPSA) is 100 Å². The fraction of sp³-hybridized carbons (Fsp3) is 0.407.